The summed E-state index contributed by atoms with van der Waals surface area (Å²) in [6.45, 7) is 5.21. The number of ether oxygens (including phenoxy) is 2. The van der Waals surface area contributed by atoms with E-state index in [9.17, 15) is 0 Å². The van der Waals surface area contributed by atoms with Crippen LogP contribution in [0.1, 0.15) is 26.7 Å². The van der Waals surface area contributed by atoms with Crippen LogP contribution < -0.4 is 10.1 Å². The van der Waals surface area contributed by atoms with E-state index in [-0.39, 0.29) is 0 Å². The smallest absolute Gasteiger partial charge is 0.142 e. The molecule has 1 aliphatic rings. The van der Waals surface area contributed by atoms with E-state index in [1.807, 2.05) is 18.2 Å². The maximum absolute atomic E-state index is 6.05. The minimum Gasteiger partial charge on any atom is -0.495 e. The van der Waals surface area contributed by atoms with Gasteiger partial charge in [-0.3, -0.25) is 0 Å². The SMILES string of the molecule is COc1ccc(Cl)cc1NC1CCOC(C(C)C)C1. The van der Waals surface area contributed by atoms with Crippen molar-refractivity contribution in [3.63, 3.8) is 0 Å². The lowest BCUT2D eigenvalue weighted by atomic mass is 9.95. The van der Waals surface area contributed by atoms with Crippen molar-refractivity contribution in [2.75, 3.05) is 19.0 Å². The van der Waals surface area contributed by atoms with Crippen molar-refractivity contribution in [1.82, 2.24) is 0 Å². The van der Waals surface area contributed by atoms with Crippen molar-refractivity contribution in [2.24, 2.45) is 5.92 Å². The predicted molar refractivity (Wildman–Crippen MR) is 79.2 cm³/mol. The van der Waals surface area contributed by atoms with Crippen LogP contribution in [0.5, 0.6) is 5.75 Å². The number of nitrogens with one attached hydrogen (secondary N) is 1. The van der Waals surface area contributed by atoms with Crippen LogP contribution in [0.2, 0.25) is 5.02 Å². The number of hydrogen-bond donors (Lipinski definition) is 1. The van der Waals surface area contributed by atoms with E-state index in [2.05, 4.69) is 19.2 Å². The number of anilines is 1. The Morgan fingerprint density at radius 2 is 2.21 bits per heavy atom. The summed E-state index contributed by atoms with van der Waals surface area (Å²) in [4.78, 5) is 0. The quantitative estimate of drug-likeness (QED) is 0.907. The first kappa shape index (κ1) is 14.5. The highest BCUT2D eigenvalue weighted by Crippen LogP contribution is 2.30. The van der Waals surface area contributed by atoms with Gasteiger partial charge in [-0.1, -0.05) is 25.4 Å². The van der Waals surface area contributed by atoms with Crippen molar-refractivity contribution in [1.29, 1.82) is 0 Å². The Balaban J connectivity index is 2.06. The van der Waals surface area contributed by atoms with Gasteiger partial charge in [-0.25, -0.2) is 0 Å². The van der Waals surface area contributed by atoms with Gasteiger partial charge in [0.2, 0.25) is 0 Å². The van der Waals surface area contributed by atoms with Crippen molar-refractivity contribution in [3.05, 3.63) is 23.2 Å². The molecule has 1 N–H and O–H groups in total. The molecule has 1 saturated heterocycles. The average molecular weight is 284 g/mol. The third kappa shape index (κ3) is 3.77. The van der Waals surface area contributed by atoms with Gasteiger partial charge in [-0.2, -0.15) is 0 Å². The molecule has 106 valence electrons. The molecule has 0 amide bonds. The van der Waals surface area contributed by atoms with Crippen molar-refractivity contribution < 1.29 is 9.47 Å². The van der Waals surface area contributed by atoms with Crippen LogP contribution in [-0.4, -0.2) is 25.9 Å². The molecule has 1 aromatic rings. The molecule has 0 saturated carbocycles. The van der Waals surface area contributed by atoms with E-state index in [0.717, 1.165) is 35.9 Å². The van der Waals surface area contributed by atoms with E-state index >= 15 is 0 Å². The normalized spacial score (nSPS) is 23.4. The molecule has 1 aliphatic heterocycles. The first-order valence-electron chi connectivity index (χ1n) is 6.82. The second-order valence-corrected chi connectivity index (χ2v) is 5.80. The Morgan fingerprint density at radius 1 is 1.42 bits per heavy atom. The topological polar surface area (TPSA) is 30.5 Å². The zero-order valence-corrected chi connectivity index (χ0v) is 12.5. The maximum atomic E-state index is 6.05. The summed E-state index contributed by atoms with van der Waals surface area (Å²) in [5, 5.41) is 4.25. The largest absolute Gasteiger partial charge is 0.495 e. The van der Waals surface area contributed by atoms with Gasteiger partial charge in [-0.15, -0.1) is 0 Å². The molecule has 0 spiro atoms. The van der Waals surface area contributed by atoms with Gasteiger partial charge in [0.05, 0.1) is 18.9 Å². The first-order valence-corrected chi connectivity index (χ1v) is 7.19. The maximum Gasteiger partial charge on any atom is 0.142 e. The number of halogens is 1. The summed E-state index contributed by atoms with van der Waals surface area (Å²) in [7, 11) is 1.68. The number of benzene rings is 1. The molecule has 0 aromatic heterocycles. The standard InChI is InChI=1S/C15H22ClNO2/c1-10(2)15-9-12(6-7-19-15)17-13-8-11(16)4-5-14(13)18-3/h4-5,8,10,12,15,17H,6-7,9H2,1-3H3. The zero-order valence-electron chi connectivity index (χ0n) is 11.8. The van der Waals surface area contributed by atoms with Crippen LogP contribution in [0.15, 0.2) is 18.2 Å². The Hall–Kier alpha value is -0.930. The molecule has 2 unspecified atom stereocenters. The Morgan fingerprint density at radius 3 is 2.89 bits per heavy atom. The van der Waals surface area contributed by atoms with E-state index in [1.54, 1.807) is 7.11 Å². The van der Waals surface area contributed by atoms with Gasteiger partial charge in [-0.05, 0) is 37.0 Å². The van der Waals surface area contributed by atoms with Crippen LogP contribution in [0.25, 0.3) is 0 Å². The van der Waals surface area contributed by atoms with E-state index < -0.39 is 0 Å². The van der Waals surface area contributed by atoms with Gasteiger partial charge < -0.3 is 14.8 Å². The zero-order chi connectivity index (χ0) is 13.8. The van der Waals surface area contributed by atoms with Gasteiger partial charge in [0, 0.05) is 17.7 Å². The fraction of sp³-hybridized carbons (Fsp3) is 0.600. The van der Waals surface area contributed by atoms with E-state index in [1.165, 1.54) is 0 Å². The highest BCUT2D eigenvalue weighted by atomic mass is 35.5. The summed E-state index contributed by atoms with van der Waals surface area (Å²) in [5.74, 6) is 1.38. The molecule has 0 radical (unpaired) electrons. The van der Waals surface area contributed by atoms with Crippen LogP contribution in [-0.2, 0) is 4.74 Å². The van der Waals surface area contributed by atoms with Crippen molar-refractivity contribution in [3.8, 4) is 5.75 Å². The average Bonchev–Trinajstić information content (AvgIpc) is 2.39. The Kier molecular flexibility index (Phi) is 4.94. The Labute approximate surface area is 120 Å². The highest BCUT2D eigenvalue weighted by molar-refractivity contribution is 6.30. The molecule has 2 atom stereocenters. The van der Waals surface area contributed by atoms with Crippen molar-refractivity contribution >= 4 is 17.3 Å². The minimum absolute atomic E-state index is 0.330. The lowest BCUT2D eigenvalue weighted by molar-refractivity contribution is -0.0161. The summed E-state index contributed by atoms with van der Waals surface area (Å²) in [6.07, 6.45) is 2.36. The molecule has 4 heteroatoms. The summed E-state index contributed by atoms with van der Waals surface area (Å²) < 4.78 is 11.2. The third-order valence-electron chi connectivity index (χ3n) is 3.58. The summed E-state index contributed by atoms with van der Waals surface area (Å²) >= 11 is 6.05. The number of hydrogen-bond acceptors (Lipinski definition) is 3. The van der Waals surface area contributed by atoms with Gasteiger partial charge in [0.15, 0.2) is 0 Å². The van der Waals surface area contributed by atoms with Crippen LogP contribution >= 0.6 is 11.6 Å². The third-order valence-corrected chi connectivity index (χ3v) is 3.81. The molecule has 1 aromatic carbocycles. The van der Waals surface area contributed by atoms with Crippen molar-refractivity contribution in [2.45, 2.75) is 38.8 Å². The monoisotopic (exact) mass is 283 g/mol. The molecular weight excluding hydrogens is 262 g/mol. The van der Waals surface area contributed by atoms with E-state index in [0.29, 0.717) is 18.1 Å². The Bertz CT molecular complexity index is 423. The molecular formula is C15H22ClNO2. The van der Waals surface area contributed by atoms with Gasteiger partial charge in [0.1, 0.15) is 5.75 Å². The minimum atomic E-state index is 0.330. The highest BCUT2D eigenvalue weighted by Gasteiger charge is 2.25. The molecule has 19 heavy (non-hydrogen) atoms. The van der Waals surface area contributed by atoms with Crippen LogP contribution in [0.4, 0.5) is 5.69 Å². The van der Waals surface area contributed by atoms with Gasteiger partial charge >= 0.3 is 0 Å². The van der Waals surface area contributed by atoms with Crippen LogP contribution in [0.3, 0.4) is 0 Å². The molecule has 0 aliphatic carbocycles. The predicted octanol–water partition coefficient (Wildman–Crippen LogP) is 3.96. The fourth-order valence-corrected chi connectivity index (χ4v) is 2.61. The molecule has 1 heterocycles. The summed E-state index contributed by atoms with van der Waals surface area (Å²) in [5.41, 5.74) is 0.962. The lowest BCUT2D eigenvalue weighted by Crippen LogP contribution is -2.36. The summed E-state index contributed by atoms with van der Waals surface area (Å²) in [6, 6.07) is 6.06. The molecule has 2 rings (SSSR count). The van der Waals surface area contributed by atoms with Gasteiger partial charge in [0.25, 0.3) is 0 Å². The molecule has 3 nitrogen and oxygen atoms in total. The first-order chi connectivity index (χ1) is 9.10. The number of rotatable bonds is 4. The number of methoxy groups -OCH3 is 1. The van der Waals surface area contributed by atoms with E-state index in [4.69, 9.17) is 21.1 Å². The fourth-order valence-electron chi connectivity index (χ4n) is 2.44. The second-order valence-electron chi connectivity index (χ2n) is 5.36. The lowest BCUT2D eigenvalue weighted by Gasteiger charge is -2.33. The van der Waals surface area contributed by atoms with Crippen LogP contribution in [0, 0.1) is 5.92 Å². The second kappa shape index (κ2) is 6.49. The molecule has 1 fully saturated rings. The molecule has 0 bridgehead atoms.